The minimum atomic E-state index is -0.116. The van der Waals surface area contributed by atoms with Crippen LogP contribution in [0, 0.1) is 6.92 Å². The first-order valence-corrected chi connectivity index (χ1v) is 6.91. The van der Waals surface area contributed by atoms with Gasteiger partial charge < -0.3 is 5.32 Å². The van der Waals surface area contributed by atoms with Gasteiger partial charge in [-0.3, -0.25) is 9.69 Å². The molecule has 2 aromatic rings. The summed E-state index contributed by atoms with van der Waals surface area (Å²) in [4.78, 5) is 14.5. The number of halogens is 1. The van der Waals surface area contributed by atoms with Crippen LogP contribution in [-0.2, 0) is 0 Å². The van der Waals surface area contributed by atoms with Crippen molar-refractivity contribution in [3.05, 3.63) is 58.6 Å². The molecule has 0 fully saturated rings. The number of benzene rings is 2. The number of amides is 1. The maximum atomic E-state index is 12.7. The third-order valence-corrected chi connectivity index (χ3v) is 3.79. The van der Waals surface area contributed by atoms with E-state index in [-0.39, 0.29) is 12.1 Å². The molecule has 0 aromatic heterocycles. The summed E-state index contributed by atoms with van der Waals surface area (Å²) in [7, 11) is 0. The molecule has 1 aliphatic rings. The minimum absolute atomic E-state index is 0.00258. The number of aryl methyl sites for hydroxylation is 1. The Morgan fingerprint density at radius 3 is 2.70 bits per heavy atom. The van der Waals surface area contributed by atoms with Crippen molar-refractivity contribution in [2.45, 2.75) is 20.0 Å². The van der Waals surface area contributed by atoms with E-state index in [1.807, 2.05) is 38.1 Å². The van der Waals surface area contributed by atoms with Gasteiger partial charge in [0.05, 0.1) is 11.3 Å². The molecule has 1 atom stereocenters. The SMILES string of the molecule is Cc1ccccc1N1C(=O)c2ccc(Cl)cc2NC1C. The first-order valence-electron chi connectivity index (χ1n) is 6.53. The van der Waals surface area contributed by atoms with Gasteiger partial charge in [0, 0.05) is 10.7 Å². The minimum Gasteiger partial charge on any atom is -0.364 e. The number of carbonyl (C=O) groups is 1. The monoisotopic (exact) mass is 286 g/mol. The molecule has 0 spiro atoms. The molecule has 1 N–H and O–H groups in total. The maximum absolute atomic E-state index is 12.7. The summed E-state index contributed by atoms with van der Waals surface area (Å²) < 4.78 is 0. The highest BCUT2D eigenvalue weighted by Crippen LogP contribution is 2.32. The molecule has 1 aliphatic heterocycles. The fraction of sp³-hybridized carbons (Fsp3) is 0.188. The Balaban J connectivity index is 2.09. The van der Waals surface area contributed by atoms with Crippen LogP contribution in [0.15, 0.2) is 42.5 Å². The van der Waals surface area contributed by atoms with E-state index >= 15 is 0 Å². The molecule has 0 saturated heterocycles. The Bertz CT molecular complexity index is 684. The van der Waals surface area contributed by atoms with Crippen molar-refractivity contribution in [2.24, 2.45) is 0 Å². The fourth-order valence-electron chi connectivity index (χ4n) is 2.57. The van der Waals surface area contributed by atoms with Crippen molar-refractivity contribution in [1.29, 1.82) is 0 Å². The second-order valence-corrected chi connectivity index (χ2v) is 5.41. The number of nitrogens with one attached hydrogen (secondary N) is 1. The number of fused-ring (bicyclic) bond motifs is 1. The van der Waals surface area contributed by atoms with Gasteiger partial charge in [-0.05, 0) is 43.7 Å². The van der Waals surface area contributed by atoms with Gasteiger partial charge in [0.15, 0.2) is 0 Å². The van der Waals surface area contributed by atoms with E-state index in [2.05, 4.69) is 5.32 Å². The third-order valence-electron chi connectivity index (χ3n) is 3.56. The highest BCUT2D eigenvalue weighted by molar-refractivity contribution is 6.31. The van der Waals surface area contributed by atoms with Crippen molar-refractivity contribution < 1.29 is 4.79 Å². The standard InChI is InChI=1S/C16H15ClN2O/c1-10-5-3-4-6-15(10)19-11(2)18-14-9-12(17)7-8-13(14)16(19)20/h3-9,11,18H,1-2H3. The number of anilines is 2. The van der Waals surface area contributed by atoms with Crippen LogP contribution >= 0.6 is 11.6 Å². The Labute approximate surface area is 123 Å². The van der Waals surface area contributed by atoms with E-state index in [9.17, 15) is 4.79 Å². The van der Waals surface area contributed by atoms with Crippen LogP contribution in [0.25, 0.3) is 0 Å². The highest BCUT2D eigenvalue weighted by atomic mass is 35.5. The number of hydrogen-bond donors (Lipinski definition) is 1. The fourth-order valence-corrected chi connectivity index (χ4v) is 2.74. The summed E-state index contributed by atoms with van der Waals surface area (Å²) >= 11 is 5.99. The maximum Gasteiger partial charge on any atom is 0.262 e. The van der Waals surface area contributed by atoms with E-state index in [1.165, 1.54) is 0 Å². The molecule has 1 heterocycles. The number of para-hydroxylation sites is 1. The van der Waals surface area contributed by atoms with Crippen LogP contribution in [0.1, 0.15) is 22.8 Å². The molecule has 1 amide bonds. The Morgan fingerprint density at radius 2 is 1.95 bits per heavy atom. The Kier molecular flexibility index (Phi) is 3.14. The van der Waals surface area contributed by atoms with Gasteiger partial charge in [-0.2, -0.15) is 0 Å². The average Bonchev–Trinajstić information content (AvgIpc) is 2.40. The quantitative estimate of drug-likeness (QED) is 0.857. The molecule has 102 valence electrons. The van der Waals surface area contributed by atoms with E-state index in [0.29, 0.717) is 10.6 Å². The van der Waals surface area contributed by atoms with Crippen molar-refractivity contribution >= 4 is 28.9 Å². The molecular weight excluding hydrogens is 272 g/mol. The van der Waals surface area contributed by atoms with Crippen molar-refractivity contribution in [2.75, 3.05) is 10.2 Å². The predicted molar refractivity (Wildman–Crippen MR) is 82.5 cm³/mol. The lowest BCUT2D eigenvalue weighted by molar-refractivity contribution is 0.0977. The summed E-state index contributed by atoms with van der Waals surface area (Å²) in [6.07, 6.45) is -0.116. The normalized spacial score (nSPS) is 17.6. The summed E-state index contributed by atoms with van der Waals surface area (Å²) in [5.74, 6) is -0.00258. The molecule has 0 radical (unpaired) electrons. The van der Waals surface area contributed by atoms with Gasteiger partial charge in [0.25, 0.3) is 5.91 Å². The zero-order valence-corrected chi connectivity index (χ0v) is 12.1. The molecule has 4 heteroatoms. The van der Waals surface area contributed by atoms with Crippen LogP contribution < -0.4 is 10.2 Å². The Morgan fingerprint density at radius 1 is 1.20 bits per heavy atom. The lowest BCUT2D eigenvalue weighted by atomic mass is 10.1. The molecule has 0 aliphatic carbocycles. The van der Waals surface area contributed by atoms with Crippen LogP contribution in [0.4, 0.5) is 11.4 Å². The smallest absolute Gasteiger partial charge is 0.262 e. The lowest BCUT2D eigenvalue weighted by Crippen LogP contribution is -2.47. The van der Waals surface area contributed by atoms with Crippen molar-refractivity contribution in [3.63, 3.8) is 0 Å². The van der Waals surface area contributed by atoms with Crippen LogP contribution in [0.2, 0.25) is 5.02 Å². The van der Waals surface area contributed by atoms with Crippen LogP contribution in [0.3, 0.4) is 0 Å². The highest BCUT2D eigenvalue weighted by Gasteiger charge is 2.31. The van der Waals surface area contributed by atoms with E-state index in [1.54, 1.807) is 23.1 Å². The van der Waals surface area contributed by atoms with Crippen molar-refractivity contribution in [1.82, 2.24) is 0 Å². The molecule has 3 nitrogen and oxygen atoms in total. The van der Waals surface area contributed by atoms with Gasteiger partial charge in [-0.25, -0.2) is 0 Å². The van der Waals surface area contributed by atoms with Gasteiger partial charge in [0.2, 0.25) is 0 Å². The number of nitrogens with zero attached hydrogens (tertiary/aromatic N) is 1. The first-order chi connectivity index (χ1) is 9.58. The zero-order valence-electron chi connectivity index (χ0n) is 11.4. The second kappa shape index (κ2) is 4.84. The Hall–Kier alpha value is -2.00. The second-order valence-electron chi connectivity index (χ2n) is 4.97. The number of hydrogen-bond acceptors (Lipinski definition) is 2. The largest absolute Gasteiger partial charge is 0.364 e. The molecular formula is C16H15ClN2O. The molecule has 0 bridgehead atoms. The molecule has 20 heavy (non-hydrogen) atoms. The van der Waals surface area contributed by atoms with Gasteiger partial charge >= 0.3 is 0 Å². The molecule has 2 aromatic carbocycles. The van der Waals surface area contributed by atoms with Gasteiger partial charge in [0.1, 0.15) is 6.17 Å². The van der Waals surface area contributed by atoms with Crippen LogP contribution in [-0.4, -0.2) is 12.1 Å². The van der Waals surface area contributed by atoms with E-state index in [4.69, 9.17) is 11.6 Å². The molecule has 1 unspecified atom stereocenters. The molecule has 0 saturated carbocycles. The average molecular weight is 287 g/mol. The number of rotatable bonds is 1. The van der Waals surface area contributed by atoms with E-state index < -0.39 is 0 Å². The zero-order chi connectivity index (χ0) is 14.3. The first kappa shape index (κ1) is 13.0. The van der Waals surface area contributed by atoms with Gasteiger partial charge in [-0.15, -0.1) is 0 Å². The molecule has 3 rings (SSSR count). The summed E-state index contributed by atoms with van der Waals surface area (Å²) in [5.41, 5.74) is 3.45. The van der Waals surface area contributed by atoms with Crippen LogP contribution in [0.5, 0.6) is 0 Å². The summed E-state index contributed by atoms with van der Waals surface area (Å²) in [6.45, 7) is 3.97. The summed E-state index contributed by atoms with van der Waals surface area (Å²) in [5, 5.41) is 3.95. The van der Waals surface area contributed by atoms with Crippen molar-refractivity contribution in [3.8, 4) is 0 Å². The third kappa shape index (κ3) is 2.04. The van der Waals surface area contributed by atoms with E-state index in [0.717, 1.165) is 16.9 Å². The summed E-state index contributed by atoms with van der Waals surface area (Å²) in [6, 6.07) is 13.2. The van der Waals surface area contributed by atoms with Gasteiger partial charge in [-0.1, -0.05) is 29.8 Å². The lowest BCUT2D eigenvalue weighted by Gasteiger charge is -2.36. The topological polar surface area (TPSA) is 32.3 Å². The predicted octanol–water partition coefficient (Wildman–Crippen LogP) is 4.07. The number of carbonyl (C=O) groups excluding carboxylic acids is 1.